The molecule has 5 nitrogen and oxygen atoms in total. The summed E-state index contributed by atoms with van der Waals surface area (Å²) in [7, 11) is 0. The molecule has 0 fully saturated rings. The molecule has 0 aliphatic heterocycles. The average molecular weight is 375 g/mol. The van der Waals surface area contributed by atoms with Crippen molar-refractivity contribution in [1.82, 2.24) is 14.8 Å². The Bertz CT molecular complexity index is 942. The van der Waals surface area contributed by atoms with Crippen molar-refractivity contribution in [3.63, 3.8) is 0 Å². The second-order valence-corrected chi connectivity index (χ2v) is 6.97. The van der Waals surface area contributed by atoms with Gasteiger partial charge in [0.25, 0.3) is 5.91 Å². The van der Waals surface area contributed by atoms with Crippen LogP contribution >= 0.6 is 0 Å². The van der Waals surface area contributed by atoms with Gasteiger partial charge in [-0.25, -0.2) is 0 Å². The van der Waals surface area contributed by atoms with Crippen LogP contribution in [0.4, 0.5) is 0 Å². The summed E-state index contributed by atoms with van der Waals surface area (Å²) in [4.78, 5) is 17.3. The average Bonchev–Trinajstić information content (AvgIpc) is 3.16. The predicted octanol–water partition coefficient (Wildman–Crippen LogP) is 4.90. The van der Waals surface area contributed by atoms with Gasteiger partial charge in [0, 0.05) is 11.6 Å². The summed E-state index contributed by atoms with van der Waals surface area (Å²) in [5.74, 6) is 0.544. The normalized spacial score (nSPS) is 11.3. The zero-order valence-electron chi connectivity index (χ0n) is 16.5. The molecular weight excluding hydrogens is 350 g/mol. The Kier molecular flexibility index (Phi) is 6.37. The van der Waals surface area contributed by atoms with Crippen LogP contribution in [0.5, 0.6) is 6.01 Å². The molecule has 5 heteroatoms. The monoisotopic (exact) mass is 375 g/mol. The summed E-state index contributed by atoms with van der Waals surface area (Å²) in [5, 5.41) is 4.30. The Morgan fingerprint density at radius 2 is 1.82 bits per heavy atom. The third-order valence-electron chi connectivity index (χ3n) is 4.18. The highest BCUT2D eigenvalue weighted by Crippen LogP contribution is 2.21. The first-order valence-electron chi connectivity index (χ1n) is 9.53. The summed E-state index contributed by atoms with van der Waals surface area (Å²) >= 11 is 0. The van der Waals surface area contributed by atoms with Crippen molar-refractivity contribution in [2.24, 2.45) is 5.92 Å². The van der Waals surface area contributed by atoms with E-state index in [1.165, 1.54) is 16.3 Å². The number of hydrogen-bond donors (Lipinski definition) is 0. The van der Waals surface area contributed by atoms with Crippen molar-refractivity contribution < 1.29 is 9.53 Å². The van der Waals surface area contributed by atoms with Gasteiger partial charge in [-0.05, 0) is 29.5 Å². The van der Waals surface area contributed by atoms with E-state index in [2.05, 4.69) is 30.9 Å². The molecule has 28 heavy (non-hydrogen) atoms. The summed E-state index contributed by atoms with van der Waals surface area (Å²) in [6, 6.07) is 17.9. The van der Waals surface area contributed by atoms with Crippen LogP contribution in [0.15, 0.2) is 60.7 Å². The second-order valence-electron chi connectivity index (χ2n) is 6.97. The molecule has 0 atom stereocenters. The predicted molar refractivity (Wildman–Crippen MR) is 111 cm³/mol. The van der Waals surface area contributed by atoms with E-state index in [-0.39, 0.29) is 11.9 Å². The lowest BCUT2D eigenvalue weighted by Crippen LogP contribution is -2.11. The molecule has 0 aliphatic rings. The number of aryl methyl sites for hydroxylation is 1. The van der Waals surface area contributed by atoms with E-state index < -0.39 is 0 Å². The fourth-order valence-electron chi connectivity index (χ4n) is 2.63. The van der Waals surface area contributed by atoms with E-state index in [9.17, 15) is 4.79 Å². The molecule has 0 N–H and O–H groups in total. The van der Waals surface area contributed by atoms with Crippen LogP contribution in [0.1, 0.15) is 36.7 Å². The van der Waals surface area contributed by atoms with Crippen LogP contribution in [0.2, 0.25) is 0 Å². The van der Waals surface area contributed by atoms with Crippen LogP contribution in [0.25, 0.3) is 17.5 Å². The van der Waals surface area contributed by atoms with Crippen LogP contribution < -0.4 is 4.74 Å². The standard InChI is InChI=1S/C23H25N3O2/c1-4-18-10-13-20(14-11-18)22-24-23(28-16-17(2)3)25-26(22)21(27)15-12-19-8-6-5-7-9-19/h5-15,17H,4,16H2,1-3H3/b15-12+. The van der Waals surface area contributed by atoms with E-state index in [1.54, 1.807) is 6.08 Å². The van der Waals surface area contributed by atoms with Gasteiger partial charge in [0.1, 0.15) is 0 Å². The van der Waals surface area contributed by atoms with Gasteiger partial charge >= 0.3 is 6.01 Å². The van der Waals surface area contributed by atoms with Gasteiger partial charge in [0.15, 0.2) is 5.82 Å². The second kappa shape index (κ2) is 9.13. The van der Waals surface area contributed by atoms with E-state index >= 15 is 0 Å². The first-order valence-corrected chi connectivity index (χ1v) is 9.53. The Morgan fingerprint density at radius 1 is 1.11 bits per heavy atom. The number of carbonyl (C=O) groups is 1. The molecule has 0 bridgehead atoms. The van der Waals surface area contributed by atoms with E-state index in [4.69, 9.17) is 4.74 Å². The van der Waals surface area contributed by atoms with Crippen LogP contribution in [0, 0.1) is 5.92 Å². The van der Waals surface area contributed by atoms with E-state index in [1.807, 2.05) is 54.6 Å². The van der Waals surface area contributed by atoms with Crippen molar-refractivity contribution in [1.29, 1.82) is 0 Å². The van der Waals surface area contributed by atoms with Crippen LogP contribution in [-0.2, 0) is 6.42 Å². The van der Waals surface area contributed by atoms with Crippen molar-refractivity contribution >= 4 is 12.0 Å². The number of carbonyl (C=O) groups excluding carboxylic acids is 1. The Hall–Kier alpha value is -3.21. The largest absolute Gasteiger partial charge is 0.462 e. The number of nitrogens with zero attached hydrogens (tertiary/aromatic N) is 3. The summed E-state index contributed by atoms with van der Waals surface area (Å²) in [6.45, 7) is 6.70. The number of ether oxygens (including phenoxy) is 1. The SMILES string of the molecule is CCc1ccc(-c2nc(OCC(C)C)nn2C(=O)/C=C/c2ccccc2)cc1. The Balaban J connectivity index is 1.92. The van der Waals surface area contributed by atoms with Crippen molar-refractivity contribution in [3.05, 3.63) is 71.8 Å². The smallest absolute Gasteiger partial charge is 0.336 e. The minimum atomic E-state index is -0.273. The highest BCUT2D eigenvalue weighted by Gasteiger charge is 2.17. The highest BCUT2D eigenvalue weighted by atomic mass is 16.5. The Morgan fingerprint density at radius 3 is 2.46 bits per heavy atom. The first-order chi connectivity index (χ1) is 13.6. The van der Waals surface area contributed by atoms with Crippen LogP contribution in [0.3, 0.4) is 0 Å². The van der Waals surface area contributed by atoms with Gasteiger partial charge in [-0.15, -0.1) is 5.10 Å². The molecule has 0 spiro atoms. The topological polar surface area (TPSA) is 57.0 Å². The lowest BCUT2D eigenvalue weighted by Gasteiger charge is -2.03. The molecule has 3 aromatic rings. The summed E-state index contributed by atoms with van der Waals surface area (Å²) < 4.78 is 6.95. The molecule has 0 radical (unpaired) electrons. The maximum atomic E-state index is 12.8. The quantitative estimate of drug-likeness (QED) is 0.551. The first kappa shape index (κ1) is 19.5. The highest BCUT2D eigenvalue weighted by molar-refractivity contribution is 5.95. The Labute approximate surface area is 165 Å². The molecule has 1 aromatic heterocycles. The molecule has 0 amide bonds. The van der Waals surface area contributed by atoms with Gasteiger partial charge < -0.3 is 4.74 Å². The molecule has 0 unspecified atom stereocenters. The maximum absolute atomic E-state index is 12.8. The molecule has 0 aliphatic carbocycles. The number of rotatable bonds is 7. The zero-order valence-corrected chi connectivity index (χ0v) is 16.5. The zero-order chi connectivity index (χ0) is 19.9. The van der Waals surface area contributed by atoms with Crippen molar-refractivity contribution in [2.75, 3.05) is 6.61 Å². The summed E-state index contributed by atoms with van der Waals surface area (Å²) in [6.07, 6.45) is 4.22. The van der Waals surface area contributed by atoms with E-state index in [0.717, 1.165) is 17.5 Å². The molecule has 3 rings (SSSR count). The van der Waals surface area contributed by atoms with Gasteiger partial charge in [-0.1, -0.05) is 75.4 Å². The molecule has 2 aromatic carbocycles. The van der Waals surface area contributed by atoms with Crippen molar-refractivity contribution in [2.45, 2.75) is 27.2 Å². The van der Waals surface area contributed by atoms with Gasteiger partial charge in [0.2, 0.25) is 0 Å². The molecule has 0 saturated carbocycles. The van der Waals surface area contributed by atoms with E-state index in [0.29, 0.717) is 18.3 Å². The lowest BCUT2D eigenvalue weighted by atomic mass is 10.1. The fourth-order valence-corrected chi connectivity index (χ4v) is 2.63. The minimum Gasteiger partial charge on any atom is -0.462 e. The molecule has 1 heterocycles. The number of benzene rings is 2. The molecular formula is C23H25N3O2. The van der Waals surface area contributed by atoms with Crippen LogP contribution in [-0.4, -0.2) is 27.3 Å². The van der Waals surface area contributed by atoms with Gasteiger partial charge in [0.05, 0.1) is 6.61 Å². The molecule has 0 saturated heterocycles. The maximum Gasteiger partial charge on any atom is 0.336 e. The van der Waals surface area contributed by atoms with Gasteiger partial charge in [-0.2, -0.15) is 9.67 Å². The summed E-state index contributed by atoms with van der Waals surface area (Å²) in [5.41, 5.74) is 2.99. The minimum absolute atomic E-state index is 0.213. The number of aromatic nitrogens is 3. The van der Waals surface area contributed by atoms with Gasteiger partial charge in [-0.3, -0.25) is 4.79 Å². The third kappa shape index (κ3) is 4.94. The number of allylic oxidation sites excluding steroid dienone is 1. The lowest BCUT2D eigenvalue weighted by molar-refractivity contribution is 0.0954. The molecule has 144 valence electrons. The van der Waals surface area contributed by atoms with Crippen molar-refractivity contribution in [3.8, 4) is 17.4 Å². The number of hydrogen-bond acceptors (Lipinski definition) is 4. The third-order valence-corrected chi connectivity index (χ3v) is 4.18. The fraction of sp³-hybridized carbons (Fsp3) is 0.261.